The molecule has 1 N–H and O–H groups in total. The van der Waals surface area contributed by atoms with E-state index in [1.807, 2.05) is 0 Å². The molecule has 1 heterocycles. The Balaban J connectivity index is 2.57. The van der Waals surface area contributed by atoms with Gasteiger partial charge in [0.25, 0.3) is 0 Å². The Morgan fingerprint density at radius 1 is 1.50 bits per heavy atom. The Hall–Kier alpha value is -0.330. The van der Waals surface area contributed by atoms with E-state index in [9.17, 15) is 13.2 Å². The number of hydrogen-bond acceptors (Lipinski definition) is 3. The van der Waals surface area contributed by atoms with E-state index in [2.05, 4.69) is 5.32 Å². The summed E-state index contributed by atoms with van der Waals surface area (Å²) in [6.45, 7) is 0.680. The van der Waals surface area contributed by atoms with Crippen molar-refractivity contribution in [3.63, 3.8) is 0 Å². The summed E-state index contributed by atoms with van der Waals surface area (Å²) in [5.41, 5.74) is 0. The van der Waals surface area contributed by atoms with Gasteiger partial charge in [-0.15, -0.1) is 11.6 Å². The molecule has 1 saturated heterocycles. The van der Waals surface area contributed by atoms with Crippen molar-refractivity contribution in [2.75, 3.05) is 31.3 Å². The number of carbonyl (C=O) groups is 1. The van der Waals surface area contributed by atoms with Crippen LogP contribution in [0.1, 0.15) is 6.42 Å². The number of amides is 1. The van der Waals surface area contributed by atoms with Crippen LogP contribution < -0.4 is 5.32 Å². The largest absolute Gasteiger partial charge is 0.354 e. The zero-order valence-corrected chi connectivity index (χ0v) is 9.27. The summed E-state index contributed by atoms with van der Waals surface area (Å²) in [6, 6.07) is 0. The topological polar surface area (TPSA) is 66.5 Å². The Bertz CT molecular complexity index is 304. The molecule has 0 aromatic rings. The number of sulfonamides is 1. The van der Waals surface area contributed by atoms with Crippen LogP contribution in [0, 0.1) is 0 Å². The maximum Gasteiger partial charge on any atom is 0.235 e. The van der Waals surface area contributed by atoms with Gasteiger partial charge in [0.1, 0.15) is 0 Å². The van der Waals surface area contributed by atoms with Gasteiger partial charge in [-0.2, -0.15) is 4.31 Å². The van der Waals surface area contributed by atoms with Crippen LogP contribution in [-0.2, 0) is 14.8 Å². The van der Waals surface area contributed by atoms with E-state index in [0.29, 0.717) is 25.4 Å². The maximum atomic E-state index is 11.6. The van der Waals surface area contributed by atoms with E-state index in [1.54, 1.807) is 0 Å². The predicted molar refractivity (Wildman–Crippen MR) is 53.7 cm³/mol. The molecule has 1 amide bonds. The minimum Gasteiger partial charge on any atom is -0.354 e. The zero-order valence-electron chi connectivity index (χ0n) is 7.70. The van der Waals surface area contributed by atoms with Crippen LogP contribution in [-0.4, -0.2) is 49.9 Å². The molecule has 1 aliphatic rings. The number of hydrogen-bond donors (Lipinski definition) is 1. The van der Waals surface area contributed by atoms with Gasteiger partial charge in [-0.3, -0.25) is 4.79 Å². The molecule has 5 nitrogen and oxygen atoms in total. The highest BCUT2D eigenvalue weighted by atomic mass is 35.5. The molecule has 0 bridgehead atoms. The number of piperazine rings is 1. The predicted octanol–water partition coefficient (Wildman–Crippen LogP) is -0.623. The number of rotatable bonds is 4. The van der Waals surface area contributed by atoms with Crippen molar-refractivity contribution in [3.05, 3.63) is 0 Å². The van der Waals surface area contributed by atoms with Gasteiger partial charge in [0.05, 0.1) is 12.3 Å². The molecule has 0 aliphatic carbocycles. The molecule has 14 heavy (non-hydrogen) atoms. The van der Waals surface area contributed by atoms with Crippen LogP contribution in [0.3, 0.4) is 0 Å². The third-order valence-electron chi connectivity index (χ3n) is 1.93. The lowest BCUT2D eigenvalue weighted by Gasteiger charge is -2.25. The summed E-state index contributed by atoms with van der Waals surface area (Å²) < 4.78 is 24.4. The number of halogens is 1. The molecule has 0 aromatic heterocycles. The van der Waals surface area contributed by atoms with Crippen molar-refractivity contribution in [3.8, 4) is 0 Å². The van der Waals surface area contributed by atoms with Crippen molar-refractivity contribution in [1.29, 1.82) is 0 Å². The number of nitrogens with one attached hydrogen (secondary N) is 1. The van der Waals surface area contributed by atoms with Gasteiger partial charge in [-0.1, -0.05) is 0 Å². The Kier molecular flexibility index (Phi) is 4.15. The fourth-order valence-corrected chi connectivity index (χ4v) is 2.96. The van der Waals surface area contributed by atoms with Crippen molar-refractivity contribution in [1.82, 2.24) is 9.62 Å². The SMILES string of the molecule is O=C1CN(S(=O)(=O)CCCCl)CCN1. The average molecular weight is 241 g/mol. The van der Waals surface area contributed by atoms with E-state index >= 15 is 0 Å². The third kappa shape index (κ3) is 3.11. The van der Waals surface area contributed by atoms with E-state index in [1.165, 1.54) is 4.31 Å². The molecule has 0 atom stereocenters. The molecule has 1 rings (SSSR count). The van der Waals surface area contributed by atoms with Crippen LogP contribution in [0.4, 0.5) is 0 Å². The van der Waals surface area contributed by atoms with Gasteiger partial charge in [0, 0.05) is 19.0 Å². The normalized spacial score (nSPS) is 19.4. The van der Waals surface area contributed by atoms with Crippen molar-refractivity contribution >= 4 is 27.5 Å². The summed E-state index contributed by atoms with van der Waals surface area (Å²) in [6.07, 6.45) is 0.419. The second-order valence-electron chi connectivity index (χ2n) is 3.04. The summed E-state index contributed by atoms with van der Waals surface area (Å²) in [5.74, 6) is 0.0916. The molecule has 0 spiro atoms. The lowest BCUT2D eigenvalue weighted by molar-refractivity contribution is -0.122. The first kappa shape index (κ1) is 11.7. The lowest BCUT2D eigenvalue weighted by Crippen LogP contribution is -2.50. The number of alkyl halides is 1. The van der Waals surface area contributed by atoms with Crippen LogP contribution in [0.25, 0.3) is 0 Å². The summed E-state index contributed by atoms with van der Waals surface area (Å²) in [4.78, 5) is 11.0. The van der Waals surface area contributed by atoms with E-state index < -0.39 is 10.0 Å². The molecule has 0 saturated carbocycles. The standard InChI is InChI=1S/C7H13ClN2O3S/c8-2-1-5-14(12,13)10-4-3-9-7(11)6-10/h1-6H2,(H,9,11). The van der Waals surface area contributed by atoms with E-state index in [-0.39, 0.29) is 18.2 Å². The number of carbonyl (C=O) groups excluding carboxylic acids is 1. The quantitative estimate of drug-likeness (QED) is 0.666. The van der Waals surface area contributed by atoms with Crippen molar-refractivity contribution in [2.45, 2.75) is 6.42 Å². The van der Waals surface area contributed by atoms with Crippen LogP contribution >= 0.6 is 11.6 Å². The Labute approximate surface area is 88.5 Å². The van der Waals surface area contributed by atoms with Crippen molar-refractivity contribution < 1.29 is 13.2 Å². The third-order valence-corrected chi connectivity index (χ3v) is 4.10. The first-order chi connectivity index (χ1) is 6.56. The monoisotopic (exact) mass is 240 g/mol. The van der Waals surface area contributed by atoms with Gasteiger partial charge in [0.2, 0.25) is 15.9 Å². The molecule has 0 radical (unpaired) electrons. The fourth-order valence-electron chi connectivity index (χ4n) is 1.22. The van der Waals surface area contributed by atoms with E-state index in [0.717, 1.165) is 0 Å². The Morgan fingerprint density at radius 3 is 2.79 bits per heavy atom. The minimum atomic E-state index is -3.29. The Morgan fingerprint density at radius 2 is 2.21 bits per heavy atom. The fraction of sp³-hybridized carbons (Fsp3) is 0.857. The first-order valence-electron chi connectivity index (χ1n) is 4.37. The number of nitrogens with zero attached hydrogens (tertiary/aromatic N) is 1. The van der Waals surface area contributed by atoms with Crippen LogP contribution in [0.5, 0.6) is 0 Å². The molecule has 0 aromatic carbocycles. The van der Waals surface area contributed by atoms with Gasteiger partial charge in [0.15, 0.2) is 0 Å². The highest BCUT2D eigenvalue weighted by Crippen LogP contribution is 2.05. The average Bonchev–Trinajstić information content (AvgIpc) is 2.15. The molecular formula is C7H13ClN2O3S. The van der Waals surface area contributed by atoms with Crippen LogP contribution in [0.2, 0.25) is 0 Å². The molecule has 1 fully saturated rings. The smallest absolute Gasteiger partial charge is 0.235 e. The van der Waals surface area contributed by atoms with E-state index in [4.69, 9.17) is 11.6 Å². The minimum absolute atomic E-state index is 0.0176. The van der Waals surface area contributed by atoms with Gasteiger partial charge >= 0.3 is 0 Å². The highest BCUT2D eigenvalue weighted by Gasteiger charge is 2.26. The second-order valence-corrected chi connectivity index (χ2v) is 5.51. The molecule has 1 aliphatic heterocycles. The highest BCUT2D eigenvalue weighted by molar-refractivity contribution is 7.89. The molecule has 82 valence electrons. The van der Waals surface area contributed by atoms with Gasteiger partial charge in [-0.05, 0) is 6.42 Å². The lowest BCUT2D eigenvalue weighted by atomic mass is 10.4. The zero-order chi connectivity index (χ0) is 10.6. The molecule has 0 unspecified atom stereocenters. The molecule has 7 heteroatoms. The van der Waals surface area contributed by atoms with Crippen molar-refractivity contribution in [2.24, 2.45) is 0 Å². The summed E-state index contributed by atoms with van der Waals surface area (Å²) >= 11 is 5.41. The first-order valence-corrected chi connectivity index (χ1v) is 6.51. The summed E-state index contributed by atoms with van der Waals surface area (Å²) in [7, 11) is -3.29. The summed E-state index contributed by atoms with van der Waals surface area (Å²) in [5, 5.41) is 2.57. The van der Waals surface area contributed by atoms with Gasteiger partial charge in [-0.25, -0.2) is 8.42 Å². The second kappa shape index (κ2) is 4.95. The van der Waals surface area contributed by atoms with Crippen LogP contribution in [0.15, 0.2) is 0 Å². The molecular weight excluding hydrogens is 228 g/mol. The van der Waals surface area contributed by atoms with Gasteiger partial charge < -0.3 is 5.32 Å². The maximum absolute atomic E-state index is 11.6.